The number of aliphatic hydroxyl groups excluding tert-OH is 1. The molecule has 4 N–H and O–H groups in total. The van der Waals surface area contributed by atoms with Crippen molar-refractivity contribution in [2.75, 3.05) is 46.5 Å². The van der Waals surface area contributed by atoms with Crippen molar-refractivity contribution in [2.24, 2.45) is 11.3 Å². The van der Waals surface area contributed by atoms with Crippen LogP contribution in [0.5, 0.6) is 17.2 Å². The number of hydrogen-bond donors (Lipinski definition) is 4. The molecule has 276 valence electrons. The van der Waals surface area contributed by atoms with Crippen molar-refractivity contribution in [2.45, 2.75) is 71.2 Å². The monoisotopic (exact) mass is 707 g/mol. The van der Waals surface area contributed by atoms with E-state index in [4.69, 9.17) is 14.2 Å². The standard InChI is InChI=1S/C37H49N5O9/c1-22(2)31-34(46)38-21-37(11-13-42(14-12-37)35(47)26-9-10-28-29(18-26)50-16-15-49-28)19-25-7-6-8-27(17-25)51-20-30(44)39-32(24(4)43)36(48)41(5)23(3)33(45)40-31/h6-10,17-18,22-24,31-32,43H,11-16,19-21H2,1-5H3,(H,38,46)(H,39,44)(H,40,45)/t23-,24+,31+,32-/m0/s1. The van der Waals surface area contributed by atoms with Crippen molar-refractivity contribution in [3.63, 3.8) is 0 Å². The Morgan fingerprint density at radius 1 is 0.902 bits per heavy atom. The highest BCUT2D eigenvalue weighted by Crippen LogP contribution is 2.37. The normalized spacial score (nSPS) is 23.9. The van der Waals surface area contributed by atoms with Gasteiger partial charge >= 0.3 is 0 Å². The molecule has 14 heteroatoms. The highest BCUT2D eigenvalue weighted by atomic mass is 16.6. The molecule has 3 heterocycles. The number of likely N-dealkylation sites (tertiary alicyclic amines) is 1. The number of hydrogen-bond acceptors (Lipinski definition) is 9. The number of carbonyl (C=O) groups excluding carboxylic acids is 5. The number of ether oxygens (including phenoxy) is 3. The molecule has 3 aliphatic rings. The van der Waals surface area contributed by atoms with Crippen molar-refractivity contribution in [1.29, 1.82) is 0 Å². The number of likely N-dealkylation sites (N-methyl/N-ethyl adjacent to an activating group) is 1. The van der Waals surface area contributed by atoms with Crippen molar-refractivity contribution in [3.05, 3.63) is 53.6 Å². The zero-order valence-electron chi connectivity index (χ0n) is 29.9. The minimum absolute atomic E-state index is 0.117. The lowest BCUT2D eigenvalue weighted by molar-refractivity contribution is -0.144. The van der Waals surface area contributed by atoms with Gasteiger partial charge in [0.25, 0.3) is 11.8 Å². The molecule has 2 aromatic carbocycles. The van der Waals surface area contributed by atoms with Gasteiger partial charge in [-0.25, -0.2) is 0 Å². The van der Waals surface area contributed by atoms with Crippen LogP contribution in [0.2, 0.25) is 0 Å². The summed E-state index contributed by atoms with van der Waals surface area (Å²) in [5.41, 5.74) is 0.969. The van der Waals surface area contributed by atoms with Gasteiger partial charge < -0.3 is 45.1 Å². The molecule has 0 saturated carbocycles. The molecule has 5 rings (SSSR count). The predicted molar refractivity (Wildman–Crippen MR) is 186 cm³/mol. The van der Waals surface area contributed by atoms with Crippen LogP contribution >= 0.6 is 0 Å². The second-order valence-corrected chi connectivity index (χ2v) is 14.1. The van der Waals surface area contributed by atoms with Gasteiger partial charge in [-0.1, -0.05) is 26.0 Å². The van der Waals surface area contributed by atoms with Gasteiger partial charge in [0.15, 0.2) is 18.1 Å². The summed E-state index contributed by atoms with van der Waals surface area (Å²) in [5.74, 6) is -1.02. The number of carbonyl (C=O) groups is 5. The van der Waals surface area contributed by atoms with Crippen LogP contribution in [0.1, 0.15) is 56.5 Å². The van der Waals surface area contributed by atoms with Crippen LogP contribution in [-0.2, 0) is 25.6 Å². The van der Waals surface area contributed by atoms with Crippen LogP contribution < -0.4 is 30.2 Å². The van der Waals surface area contributed by atoms with Crippen LogP contribution in [0.25, 0.3) is 0 Å². The molecule has 4 atom stereocenters. The van der Waals surface area contributed by atoms with Gasteiger partial charge in [-0.15, -0.1) is 0 Å². The zero-order chi connectivity index (χ0) is 36.9. The molecule has 1 spiro atoms. The molecular weight excluding hydrogens is 658 g/mol. The number of fused-ring (bicyclic) bond motifs is 3. The van der Waals surface area contributed by atoms with Crippen molar-refractivity contribution in [3.8, 4) is 17.2 Å². The zero-order valence-corrected chi connectivity index (χ0v) is 29.9. The third-order valence-electron chi connectivity index (χ3n) is 10.0. The number of nitrogens with one attached hydrogen (secondary N) is 3. The molecule has 2 aromatic rings. The first-order valence-electron chi connectivity index (χ1n) is 17.5. The molecule has 0 radical (unpaired) electrons. The van der Waals surface area contributed by atoms with E-state index in [1.807, 2.05) is 36.9 Å². The van der Waals surface area contributed by atoms with E-state index >= 15 is 0 Å². The van der Waals surface area contributed by atoms with E-state index in [1.54, 1.807) is 24.3 Å². The van der Waals surface area contributed by atoms with Gasteiger partial charge in [-0.2, -0.15) is 0 Å². The second kappa shape index (κ2) is 16.0. The van der Waals surface area contributed by atoms with Crippen molar-refractivity contribution >= 4 is 29.5 Å². The van der Waals surface area contributed by atoms with Gasteiger partial charge in [0.05, 0.1) is 6.10 Å². The maximum atomic E-state index is 13.8. The second-order valence-electron chi connectivity index (χ2n) is 14.1. The molecule has 0 unspecified atom stereocenters. The Morgan fingerprint density at radius 2 is 1.61 bits per heavy atom. The van der Waals surface area contributed by atoms with Crippen LogP contribution in [0, 0.1) is 11.3 Å². The van der Waals surface area contributed by atoms with Gasteiger partial charge in [0.1, 0.15) is 37.1 Å². The molecule has 3 aliphatic heterocycles. The third kappa shape index (κ3) is 8.91. The van der Waals surface area contributed by atoms with E-state index in [9.17, 15) is 29.1 Å². The third-order valence-corrected chi connectivity index (χ3v) is 10.0. The van der Waals surface area contributed by atoms with E-state index < -0.39 is 54.0 Å². The first-order chi connectivity index (χ1) is 24.3. The summed E-state index contributed by atoms with van der Waals surface area (Å²) >= 11 is 0. The van der Waals surface area contributed by atoms with Crippen molar-refractivity contribution in [1.82, 2.24) is 25.8 Å². The summed E-state index contributed by atoms with van der Waals surface area (Å²) in [6.45, 7) is 8.18. The molecular formula is C37H49N5O9. The minimum atomic E-state index is -1.33. The highest BCUT2D eigenvalue weighted by molar-refractivity contribution is 5.95. The largest absolute Gasteiger partial charge is 0.486 e. The van der Waals surface area contributed by atoms with Crippen molar-refractivity contribution < 1.29 is 43.3 Å². The number of nitrogens with zero attached hydrogens (tertiary/aromatic N) is 2. The maximum Gasteiger partial charge on any atom is 0.258 e. The Morgan fingerprint density at radius 3 is 2.29 bits per heavy atom. The SMILES string of the molecule is CC(C)[C@H]1NC(=O)[C@H](C)N(C)C(=O)[C@H]([C@@H](C)O)NC(=O)COc2cccc(c2)CC2(CCN(C(=O)c3ccc4c(c3)OCCO4)CC2)CNC1=O. The molecule has 51 heavy (non-hydrogen) atoms. The number of aliphatic hydroxyl groups is 1. The summed E-state index contributed by atoms with van der Waals surface area (Å²) in [5, 5.41) is 18.8. The fourth-order valence-electron chi connectivity index (χ4n) is 6.67. The van der Waals surface area contributed by atoms with E-state index in [0.717, 1.165) is 10.5 Å². The van der Waals surface area contributed by atoms with Gasteiger partial charge in [-0.05, 0) is 80.3 Å². The highest BCUT2D eigenvalue weighted by Gasteiger charge is 2.39. The molecule has 14 nitrogen and oxygen atoms in total. The summed E-state index contributed by atoms with van der Waals surface area (Å²) < 4.78 is 17.1. The Kier molecular flexibility index (Phi) is 11.7. The summed E-state index contributed by atoms with van der Waals surface area (Å²) in [4.78, 5) is 69.9. The van der Waals surface area contributed by atoms with Crippen LogP contribution in [0.4, 0.5) is 0 Å². The molecule has 0 aromatic heterocycles. The minimum Gasteiger partial charge on any atom is -0.486 e. The van der Waals surface area contributed by atoms with E-state index in [1.165, 1.54) is 20.9 Å². The summed E-state index contributed by atoms with van der Waals surface area (Å²) in [7, 11) is 1.40. The Labute approximate surface area is 298 Å². The quantitative estimate of drug-likeness (QED) is 0.366. The Hall–Kier alpha value is -4.85. The average molecular weight is 708 g/mol. The first kappa shape index (κ1) is 37.4. The van der Waals surface area contributed by atoms with Crippen LogP contribution in [0.3, 0.4) is 0 Å². The number of amides is 5. The maximum absolute atomic E-state index is 13.8. The van der Waals surface area contributed by atoms with E-state index in [-0.39, 0.29) is 24.3 Å². The summed E-state index contributed by atoms with van der Waals surface area (Å²) in [6.07, 6.45) is 0.452. The van der Waals surface area contributed by atoms with E-state index in [2.05, 4.69) is 16.0 Å². The topological polar surface area (TPSA) is 176 Å². The molecule has 5 amide bonds. The number of piperidine rings is 1. The molecule has 2 bridgehead atoms. The molecule has 1 saturated heterocycles. The lowest BCUT2D eigenvalue weighted by atomic mass is 9.73. The fraction of sp³-hybridized carbons (Fsp3) is 0.541. The van der Waals surface area contributed by atoms with Crippen LogP contribution in [-0.4, -0.2) is 115 Å². The van der Waals surface area contributed by atoms with Gasteiger partial charge in [0.2, 0.25) is 17.7 Å². The average Bonchev–Trinajstić information content (AvgIpc) is 3.12. The lowest BCUT2D eigenvalue weighted by Gasteiger charge is -2.42. The van der Waals surface area contributed by atoms with E-state index in [0.29, 0.717) is 68.4 Å². The fourth-order valence-corrected chi connectivity index (χ4v) is 6.67. The first-order valence-corrected chi connectivity index (χ1v) is 17.5. The Balaban J connectivity index is 1.39. The van der Waals surface area contributed by atoms with Crippen LogP contribution in [0.15, 0.2) is 42.5 Å². The Bertz CT molecular complexity index is 1620. The van der Waals surface area contributed by atoms with Gasteiger partial charge in [0, 0.05) is 32.2 Å². The predicted octanol–water partition coefficient (Wildman–Crippen LogP) is 1.28. The number of rotatable bonds is 3. The molecule has 0 aliphatic carbocycles. The molecule has 1 fully saturated rings. The smallest absolute Gasteiger partial charge is 0.258 e. The lowest BCUT2D eigenvalue weighted by Crippen LogP contribution is -2.59. The number of benzene rings is 2. The van der Waals surface area contributed by atoms with Gasteiger partial charge in [-0.3, -0.25) is 24.0 Å². The summed E-state index contributed by atoms with van der Waals surface area (Å²) in [6, 6.07) is 9.28.